The van der Waals surface area contributed by atoms with Gasteiger partial charge in [0.2, 0.25) is 0 Å². The van der Waals surface area contributed by atoms with Crippen molar-refractivity contribution < 1.29 is 15.0 Å². The molecule has 2 amide bonds. The third-order valence-electron chi connectivity index (χ3n) is 5.29. The molecule has 4 N–H and O–H groups in total. The first-order valence-corrected chi connectivity index (χ1v) is 8.89. The fourth-order valence-corrected chi connectivity index (χ4v) is 3.38. The van der Waals surface area contributed by atoms with Gasteiger partial charge in [0.15, 0.2) is 0 Å². The molecular formula is C17H34N2O3. The Morgan fingerprint density at radius 3 is 1.41 bits per heavy atom. The van der Waals surface area contributed by atoms with E-state index < -0.39 is 12.2 Å². The molecule has 1 aliphatic heterocycles. The number of hydrogen-bond donors (Lipinski definition) is 4. The average molecular weight is 314 g/mol. The molecular weight excluding hydrogens is 280 g/mol. The maximum absolute atomic E-state index is 12.1. The van der Waals surface area contributed by atoms with Crippen molar-refractivity contribution >= 4 is 6.03 Å². The van der Waals surface area contributed by atoms with Gasteiger partial charge in [0, 0.05) is 0 Å². The third-order valence-corrected chi connectivity index (χ3v) is 5.29. The van der Waals surface area contributed by atoms with Crippen LogP contribution in [0.5, 0.6) is 0 Å². The van der Waals surface area contributed by atoms with Crippen LogP contribution >= 0.6 is 0 Å². The quantitative estimate of drug-likeness (QED) is 0.555. The van der Waals surface area contributed by atoms with Gasteiger partial charge in [-0.15, -0.1) is 0 Å². The van der Waals surface area contributed by atoms with Gasteiger partial charge in [0.05, 0.1) is 12.1 Å². The highest BCUT2D eigenvalue weighted by Gasteiger charge is 2.38. The summed E-state index contributed by atoms with van der Waals surface area (Å²) in [6, 6.07) is -1.04. The number of amides is 2. The Bertz CT molecular complexity index is 300. The molecule has 0 unspecified atom stereocenters. The van der Waals surface area contributed by atoms with E-state index in [-0.39, 0.29) is 18.1 Å². The smallest absolute Gasteiger partial charge is 0.315 e. The standard InChI is InChI=1S/C17H34N2O3/c1-5-11(6-2)9-13-15(20)16(21)14(19-17(22)18-13)10-12(7-3)8-4/h11-16,20-21H,5-10H2,1-4H3,(H2,18,19,22)/t13-,14-,15+,16+/m1/s1. The normalized spacial score (nSPS) is 29.4. The molecule has 0 aromatic carbocycles. The zero-order valence-electron chi connectivity index (χ0n) is 14.5. The van der Waals surface area contributed by atoms with Crippen molar-refractivity contribution in [2.45, 2.75) is 90.5 Å². The van der Waals surface area contributed by atoms with Crippen LogP contribution in [0.3, 0.4) is 0 Å². The second-order valence-electron chi connectivity index (χ2n) is 6.65. The Morgan fingerprint density at radius 1 is 0.818 bits per heavy atom. The lowest BCUT2D eigenvalue weighted by Gasteiger charge is -2.30. The highest BCUT2D eigenvalue weighted by molar-refractivity contribution is 5.75. The zero-order chi connectivity index (χ0) is 16.7. The van der Waals surface area contributed by atoms with E-state index in [0.29, 0.717) is 24.7 Å². The maximum atomic E-state index is 12.1. The lowest BCUT2D eigenvalue weighted by Crippen LogP contribution is -2.48. The van der Waals surface area contributed by atoms with Crippen LogP contribution in [0.25, 0.3) is 0 Å². The minimum absolute atomic E-state index is 0.275. The average Bonchev–Trinajstić information content (AvgIpc) is 2.62. The summed E-state index contributed by atoms with van der Waals surface area (Å²) in [7, 11) is 0. The van der Waals surface area contributed by atoms with Crippen LogP contribution in [0.4, 0.5) is 4.79 Å². The maximum Gasteiger partial charge on any atom is 0.315 e. The van der Waals surface area contributed by atoms with Crippen LogP contribution < -0.4 is 10.6 Å². The molecule has 130 valence electrons. The number of hydrogen-bond acceptors (Lipinski definition) is 3. The molecule has 1 rings (SSSR count). The lowest BCUT2D eigenvalue weighted by molar-refractivity contribution is -0.0202. The minimum atomic E-state index is -0.918. The summed E-state index contributed by atoms with van der Waals surface area (Å²) in [5, 5.41) is 26.7. The van der Waals surface area contributed by atoms with E-state index in [1.165, 1.54) is 0 Å². The first-order chi connectivity index (χ1) is 10.5. The molecule has 0 aromatic rings. The fraction of sp³-hybridized carbons (Fsp3) is 0.941. The molecule has 0 aliphatic carbocycles. The Balaban J connectivity index is 2.78. The molecule has 1 heterocycles. The highest BCUT2D eigenvalue weighted by Crippen LogP contribution is 2.24. The second-order valence-corrected chi connectivity index (χ2v) is 6.65. The van der Waals surface area contributed by atoms with Crippen LogP contribution in [0.15, 0.2) is 0 Å². The molecule has 0 aromatic heterocycles. The number of carbonyl (C=O) groups is 1. The van der Waals surface area contributed by atoms with Gasteiger partial charge >= 0.3 is 6.03 Å². The molecule has 0 spiro atoms. The van der Waals surface area contributed by atoms with Crippen molar-refractivity contribution in [1.29, 1.82) is 0 Å². The molecule has 1 saturated heterocycles. The molecule has 1 aliphatic rings. The van der Waals surface area contributed by atoms with Gasteiger partial charge in [0.1, 0.15) is 12.2 Å². The summed E-state index contributed by atoms with van der Waals surface area (Å²) in [5.74, 6) is 0.894. The number of aliphatic hydroxyl groups is 2. The van der Waals surface area contributed by atoms with Gasteiger partial charge < -0.3 is 20.8 Å². The number of nitrogens with one attached hydrogen (secondary N) is 2. The van der Waals surface area contributed by atoms with Gasteiger partial charge in [-0.3, -0.25) is 0 Å². The van der Waals surface area contributed by atoms with E-state index >= 15 is 0 Å². The van der Waals surface area contributed by atoms with E-state index in [9.17, 15) is 15.0 Å². The summed E-state index contributed by atoms with van der Waals surface area (Å²) in [6.07, 6.45) is 3.61. The molecule has 0 bridgehead atoms. The Morgan fingerprint density at radius 2 is 1.14 bits per heavy atom. The summed E-state index contributed by atoms with van der Waals surface area (Å²) in [6.45, 7) is 8.46. The Labute approximate surface area is 134 Å². The number of urea groups is 1. The summed E-state index contributed by atoms with van der Waals surface area (Å²) in [4.78, 5) is 12.1. The minimum Gasteiger partial charge on any atom is -0.388 e. The monoisotopic (exact) mass is 314 g/mol. The van der Waals surface area contributed by atoms with Crippen LogP contribution in [0.1, 0.15) is 66.2 Å². The number of aliphatic hydroxyl groups excluding tert-OH is 2. The summed E-state index contributed by atoms with van der Waals surface area (Å²) in [5.41, 5.74) is 0. The van der Waals surface area contributed by atoms with Crippen molar-refractivity contribution in [1.82, 2.24) is 10.6 Å². The Hall–Kier alpha value is -0.810. The van der Waals surface area contributed by atoms with Crippen LogP contribution in [-0.2, 0) is 0 Å². The predicted molar refractivity (Wildman–Crippen MR) is 88.6 cm³/mol. The summed E-state index contributed by atoms with van der Waals surface area (Å²) >= 11 is 0. The second kappa shape index (κ2) is 9.36. The highest BCUT2D eigenvalue weighted by atomic mass is 16.3. The topological polar surface area (TPSA) is 81.6 Å². The van der Waals surface area contributed by atoms with E-state index in [4.69, 9.17) is 0 Å². The van der Waals surface area contributed by atoms with E-state index in [1.807, 2.05) is 0 Å². The zero-order valence-corrected chi connectivity index (χ0v) is 14.5. The predicted octanol–water partition coefficient (Wildman–Crippen LogP) is 2.41. The number of carbonyl (C=O) groups excluding carboxylic acids is 1. The lowest BCUT2D eigenvalue weighted by atomic mass is 9.86. The molecule has 1 fully saturated rings. The molecule has 5 nitrogen and oxygen atoms in total. The van der Waals surface area contributed by atoms with Gasteiger partial charge in [-0.2, -0.15) is 0 Å². The van der Waals surface area contributed by atoms with Crippen LogP contribution in [0, 0.1) is 11.8 Å². The van der Waals surface area contributed by atoms with Gasteiger partial charge in [0.25, 0.3) is 0 Å². The molecule has 0 saturated carbocycles. The van der Waals surface area contributed by atoms with Crippen molar-refractivity contribution in [3.8, 4) is 0 Å². The van der Waals surface area contributed by atoms with Gasteiger partial charge in [-0.1, -0.05) is 53.4 Å². The van der Waals surface area contributed by atoms with E-state index in [0.717, 1.165) is 25.7 Å². The van der Waals surface area contributed by atoms with Crippen LogP contribution in [-0.4, -0.2) is 40.5 Å². The molecule has 0 radical (unpaired) electrons. The first kappa shape index (κ1) is 19.2. The SMILES string of the molecule is CCC(CC)C[C@H]1NC(=O)N[C@H](CC(CC)CC)[C@H](O)[C@H]1O. The van der Waals surface area contributed by atoms with Gasteiger partial charge in [-0.05, 0) is 24.7 Å². The van der Waals surface area contributed by atoms with E-state index in [2.05, 4.69) is 38.3 Å². The third kappa shape index (κ3) is 5.13. The van der Waals surface area contributed by atoms with Crippen molar-refractivity contribution in [3.05, 3.63) is 0 Å². The molecule has 5 heteroatoms. The van der Waals surface area contributed by atoms with Crippen molar-refractivity contribution in [3.63, 3.8) is 0 Å². The fourth-order valence-electron chi connectivity index (χ4n) is 3.38. The van der Waals surface area contributed by atoms with Crippen molar-refractivity contribution in [2.24, 2.45) is 11.8 Å². The number of rotatable bonds is 8. The first-order valence-electron chi connectivity index (χ1n) is 8.89. The summed E-state index contributed by atoms with van der Waals surface area (Å²) < 4.78 is 0. The van der Waals surface area contributed by atoms with E-state index in [1.54, 1.807) is 0 Å². The van der Waals surface area contributed by atoms with Crippen molar-refractivity contribution in [2.75, 3.05) is 0 Å². The molecule has 22 heavy (non-hydrogen) atoms. The van der Waals surface area contributed by atoms with Crippen LogP contribution in [0.2, 0.25) is 0 Å². The Kier molecular flexibility index (Phi) is 8.18. The molecule has 4 atom stereocenters. The van der Waals surface area contributed by atoms with Gasteiger partial charge in [-0.25, -0.2) is 4.79 Å². The largest absolute Gasteiger partial charge is 0.388 e.